The molecule has 0 saturated carbocycles. The summed E-state index contributed by atoms with van der Waals surface area (Å²) in [5.41, 5.74) is -0.391. The van der Waals surface area contributed by atoms with E-state index in [1.807, 2.05) is 6.92 Å². The Morgan fingerprint density at radius 2 is 2.20 bits per heavy atom. The summed E-state index contributed by atoms with van der Waals surface area (Å²) in [7, 11) is 0. The van der Waals surface area contributed by atoms with E-state index in [1.165, 1.54) is 6.92 Å². The van der Waals surface area contributed by atoms with Gasteiger partial charge in [0.1, 0.15) is 0 Å². The van der Waals surface area contributed by atoms with E-state index in [0.29, 0.717) is 25.9 Å². The second-order valence-electron chi connectivity index (χ2n) is 6.49. The molecule has 0 spiro atoms. The number of carbonyl (C=O) groups excluding carboxylic acids is 1. The highest BCUT2D eigenvalue weighted by atomic mass is 19.4. The number of halogens is 3. The number of likely N-dealkylation sites (tertiary alicyclic amines) is 1. The number of piperidine rings is 1. The van der Waals surface area contributed by atoms with Crippen LogP contribution >= 0.6 is 0 Å². The maximum atomic E-state index is 13.5. The number of aromatic nitrogens is 2. The van der Waals surface area contributed by atoms with Crippen LogP contribution in [0.5, 0.6) is 0 Å². The second kappa shape index (κ2) is 6.65. The average Bonchev–Trinajstić information content (AvgIpc) is 2.97. The average molecular weight is 355 g/mol. The molecule has 1 aliphatic heterocycles. The molecular formula is C17H20F3N3O2. The van der Waals surface area contributed by atoms with Crippen molar-refractivity contribution in [3.63, 3.8) is 0 Å². The van der Waals surface area contributed by atoms with Gasteiger partial charge < -0.3 is 9.42 Å². The van der Waals surface area contributed by atoms with Crippen LogP contribution < -0.4 is 0 Å². The number of rotatable bonds is 3. The predicted molar refractivity (Wildman–Crippen MR) is 85.0 cm³/mol. The molecule has 0 aliphatic carbocycles. The van der Waals surface area contributed by atoms with Crippen molar-refractivity contribution in [1.29, 1.82) is 0 Å². The Morgan fingerprint density at radius 3 is 2.88 bits per heavy atom. The Bertz CT molecular complexity index is 785. The van der Waals surface area contributed by atoms with E-state index in [4.69, 9.17) is 4.52 Å². The molecule has 1 fully saturated rings. The van der Waals surface area contributed by atoms with Crippen molar-refractivity contribution >= 4 is 17.0 Å². The molecule has 1 aliphatic rings. The Balaban J connectivity index is 2.00. The lowest BCUT2D eigenvalue weighted by molar-refractivity contribution is -0.136. The molecule has 3 heterocycles. The molecule has 2 aromatic rings. The molecule has 136 valence electrons. The van der Waals surface area contributed by atoms with Gasteiger partial charge in [0.25, 0.3) is 5.71 Å². The molecule has 1 saturated heterocycles. The minimum Gasteiger partial charge on any atom is -0.342 e. The fourth-order valence-corrected chi connectivity index (χ4v) is 3.40. The van der Waals surface area contributed by atoms with E-state index in [-0.39, 0.29) is 34.3 Å². The zero-order valence-corrected chi connectivity index (χ0v) is 14.2. The number of hydrogen-bond acceptors (Lipinski definition) is 4. The molecule has 0 radical (unpaired) electrons. The molecule has 25 heavy (non-hydrogen) atoms. The van der Waals surface area contributed by atoms with E-state index in [1.54, 1.807) is 4.90 Å². The van der Waals surface area contributed by atoms with Crippen LogP contribution in [-0.2, 0) is 11.0 Å². The highest BCUT2D eigenvalue weighted by Gasteiger charge is 2.38. The highest BCUT2D eigenvalue weighted by Crippen LogP contribution is 2.40. The molecule has 0 N–H and O–H groups in total. The normalized spacial score (nSPS) is 18.8. The number of amides is 1. The largest absolute Gasteiger partial charge is 0.417 e. The van der Waals surface area contributed by atoms with Crippen molar-refractivity contribution in [3.8, 4) is 0 Å². The molecule has 2 aromatic heterocycles. The fourth-order valence-electron chi connectivity index (χ4n) is 3.40. The Hall–Kier alpha value is -2.12. The lowest BCUT2D eigenvalue weighted by Crippen LogP contribution is -2.39. The highest BCUT2D eigenvalue weighted by molar-refractivity contribution is 5.82. The number of pyridine rings is 1. The van der Waals surface area contributed by atoms with Crippen molar-refractivity contribution in [3.05, 3.63) is 23.0 Å². The molecule has 0 bridgehead atoms. The van der Waals surface area contributed by atoms with Gasteiger partial charge in [-0.3, -0.25) is 4.79 Å². The third-order valence-corrected chi connectivity index (χ3v) is 4.53. The number of carbonyl (C=O) groups is 1. The van der Waals surface area contributed by atoms with Crippen LogP contribution in [0.25, 0.3) is 11.1 Å². The van der Waals surface area contributed by atoms with Gasteiger partial charge >= 0.3 is 6.18 Å². The van der Waals surface area contributed by atoms with Gasteiger partial charge in [-0.25, -0.2) is 4.98 Å². The van der Waals surface area contributed by atoms with Crippen molar-refractivity contribution in [1.82, 2.24) is 15.0 Å². The minimum absolute atomic E-state index is 0.0324. The van der Waals surface area contributed by atoms with Gasteiger partial charge in [-0.2, -0.15) is 13.2 Å². The number of alkyl halides is 3. The SMILES string of the molecule is CCCC(=O)N1CCC[C@H](c2noc3nc(C)cc(C(F)(F)F)c23)C1. The lowest BCUT2D eigenvalue weighted by atomic mass is 9.91. The summed E-state index contributed by atoms with van der Waals surface area (Å²) in [5, 5.41) is 3.82. The summed E-state index contributed by atoms with van der Waals surface area (Å²) in [5.74, 6) is -0.244. The smallest absolute Gasteiger partial charge is 0.342 e. The zero-order valence-electron chi connectivity index (χ0n) is 14.2. The monoisotopic (exact) mass is 355 g/mol. The van der Waals surface area contributed by atoms with Gasteiger partial charge in [0.05, 0.1) is 16.6 Å². The van der Waals surface area contributed by atoms with Crippen LogP contribution in [0.3, 0.4) is 0 Å². The first-order valence-electron chi connectivity index (χ1n) is 8.43. The third kappa shape index (κ3) is 3.48. The number of hydrogen-bond donors (Lipinski definition) is 0. The van der Waals surface area contributed by atoms with Gasteiger partial charge in [-0.15, -0.1) is 0 Å². The maximum Gasteiger partial charge on any atom is 0.417 e. The second-order valence-corrected chi connectivity index (χ2v) is 6.49. The molecule has 1 atom stereocenters. The van der Waals surface area contributed by atoms with Gasteiger partial charge in [-0.1, -0.05) is 12.1 Å². The summed E-state index contributed by atoms with van der Waals surface area (Å²) < 4.78 is 45.5. The third-order valence-electron chi connectivity index (χ3n) is 4.53. The maximum absolute atomic E-state index is 13.5. The standard InChI is InChI=1S/C17H20F3N3O2/c1-3-5-13(24)23-7-4-6-11(9-23)15-14-12(17(18,19)20)8-10(2)21-16(14)25-22-15/h8,11H,3-7,9H2,1-2H3/t11-/m0/s1. The van der Waals surface area contributed by atoms with E-state index in [9.17, 15) is 18.0 Å². The van der Waals surface area contributed by atoms with Crippen LogP contribution in [0.15, 0.2) is 10.6 Å². The quantitative estimate of drug-likeness (QED) is 0.833. The summed E-state index contributed by atoms with van der Waals surface area (Å²) in [4.78, 5) is 17.9. The first-order chi connectivity index (χ1) is 11.8. The Labute approximate surface area is 143 Å². The molecule has 3 rings (SSSR count). The Kier molecular flexibility index (Phi) is 4.71. The summed E-state index contributed by atoms with van der Waals surface area (Å²) in [6.45, 7) is 4.41. The molecule has 0 unspecified atom stereocenters. The minimum atomic E-state index is -4.52. The van der Waals surface area contributed by atoms with Crippen molar-refractivity contribution < 1.29 is 22.5 Å². The van der Waals surface area contributed by atoms with E-state index in [0.717, 1.165) is 18.9 Å². The first-order valence-corrected chi connectivity index (χ1v) is 8.43. The lowest BCUT2D eigenvalue weighted by Gasteiger charge is -2.32. The molecule has 1 amide bonds. The van der Waals surface area contributed by atoms with Crippen LogP contribution in [-0.4, -0.2) is 34.0 Å². The number of aryl methyl sites for hydroxylation is 1. The van der Waals surface area contributed by atoms with Gasteiger partial charge in [0.15, 0.2) is 0 Å². The Morgan fingerprint density at radius 1 is 1.44 bits per heavy atom. The zero-order chi connectivity index (χ0) is 18.2. The first kappa shape index (κ1) is 17.7. The van der Waals surface area contributed by atoms with Crippen molar-refractivity contribution in [2.75, 3.05) is 13.1 Å². The topological polar surface area (TPSA) is 59.2 Å². The van der Waals surface area contributed by atoms with Crippen LogP contribution in [0, 0.1) is 6.92 Å². The van der Waals surface area contributed by atoms with Crippen LogP contribution in [0.1, 0.15) is 55.5 Å². The van der Waals surface area contributed by atoms with E-state index < -0.39 is 11.7 Å². The fraction of sp³-hybridized carbons (Fsp3) is 0.588. The summed E-state index contributed by atoms with van der Waals surface area (Å²) in [6.07, 6.45) is -1.92. The molecule has 8 heteroatoms. The van der Waals surface area contributed by atoms with Gasteiger partial charge in [0.2, 0.25) is 5.91 Å². The van der Waals surface area contributed by atoms with E-state index in [2.05, 4.69) is 10.1 Å². The predicted octanol–water partition coefficient (Wildman–Crippen LogP) is 4.06. The molecule has 0 aromatic carbocycles. The van der Waals surface area contributed by atoms with Crippen molar-refractivity contribution in [2.24, 2.45) is 0 Å². The summed E-state index contributed by atoms with van der Waals surface area (Å²) >= 11 is 0. The summed E-state index contributed by atoms with van der Waals surface area (Å²) in [6, 6.07) is 1.02. The van der Waals surface area contributed by atoms with Crippen LogP contribution in [0.4, 0.5) is 13.2 Å². The van der Waals surface area contributed by atoms with E-state index >= 15 is 0 Å². The molecule has 5 nitrogen and oxygen atoms in total. The number of fused-ring (bicyclic) bond motifs is 1. The number of nitrogens with zero attached hydrogens (tertiary/aromatic N) is 3. The van der Waals surface area contributed by atoms with Crippen molar-refractivity contribution in [2.45, 2.75) is 51.6 Å². The van der Waals surface area contributed by atoms with Gasteiger partial charge in [0, 0.05) is 31.1 Å². The van der Waals surface area contributed by atoms with Gasteiger partial charge in [-0.05, 0) is 32.3 Å². The van der Waals surface area contributed by atoms with Crippen LogP contribution in [0.2, 0.25) is 0 Å². The molecular weight excluding hydrogens is 335 g/mol.